The van der Waals surface area contributed by atoms with E-state index in [4.69, 9.17) is 16.3 Å². The second-order valence-electron chi connectivity index (χ2n) is 6.62. The molecule has 8 heteroatoms. The van der Waals surface area contributed by atoms with Crippen molar-refractivity contribution in [3.05, 3.63) is 65.9 Å². The third-order valence-corrected chi connectivity index (χ3v) is 4.22. The zero-order valence-electron chi connectivity index (χ0n) is 15.7. The van der Waals surface area contributed by atoms with Crippen LogP contribution in [-0.4, -0.2) is 39.4 Å². The molecule has 0 aliphatic rings. The van der Waals surface area contributed by atoms with E-state index < -0.39 is 5.60 Å². The third kappa shape index (κ3) is 5.23. The Hall–Kier alpha value is -3.06. The van der Waals surface area contributed by atoms with E-state index in [0.29, 0.717) is 29.7 Å². The molecular formula is C20H22ClN5O2. The van der Waals surface area contributed by atoms with Gasteiger partial charge < -0.3 is 19.9 Å². The number of benzene rings is 1. The summed E-state index contributed by atoms with van der Waals surface area (Å²) in [5.41, 5.74) is -1.01. The second-order valence-corrected chi connectivity index (χ2v) is 7.05. The lowest BCUT2D eigenvalue weighted by Gasteiger charge is -2.25. The molecule has 0 radical (unpaired) electrons. The standard InChI is InChI=1S/C20H22ClN5O2/c1-20(2,28-16-7-5-15(21)6-8-16)19(27)23-12-11-22-17-9-10-18(25-24-17)26-13-3-4-14-26/h3-10,13-14H,11-12H2,1-2H3,(H,22,24)(H,23,27). The maximum absolute atomic E-state index is 12.4. The zero-order chi connectivity index (χ0) is 20.0. The van der Waals surface area contributed by atoms with Crippen molar-refractivity contribution < 1.29 is 9.53 Å². The van der Waals surface area contributed by atoms with Gasteiger partial charge in [-0.25, -0.2) is 0 Å². The van der Waals surface area contributed by atoms with Gasteiger partial charge in [0.1, 0.15) is 11.6 Å². The summed E-state index contributed by atoms with van der Waals surface area (Å²) in [6.45, 7) is 4.37. The smallest absolute Gasteiger partial charge is 0.263 e. The molecule has 0 aliphatic carbocycles. The van der Waals surface area contributed by atoms with Crippen LogP contribution in [0.3, 0.4) is 0 Å². The van der Waals surface area contributed by atoms with E-state index in [0.717, 1.165) is 5.82 Å². The van der Waals surface area contributed by atoms with Gasteiger partial charge in [-0.3, -0.25) is 4.79 Å². The van der Waals surface area contributed by atoms with Crippen LogP contribution in [-0.2, 0) is 4.79 Å². The van der Waals surface area contributed by atoms with Gasteiger partial charge in [-0.1, -0.05) is 11.6 Å². The molecule has 0 spiro atoms. The van der Waals surface area contributed by atoms with E-state index in [9.17, 15) is 4.79 Å². The Bertz CT molecular complexity index is 893. The Morgan fingerprint density at radius 1 is 1.07 bits per heavy atom. The Morgan fingerprint density at radius 3 is 2.43 bits per heavy atom. The Balaban J connectivity index is 1.43. The van der Waals surface area contributed by atoms with Gasteiger partial charge in [0.05, 0.1) is 0 Å². The number of aromatic nitrogens is 3. The predicted molar refractivity (Wildman–Crippen MR) is 109 cm³/mol. The molecule has 1 amide bonds. The van der Waals surface area contributed by atoms with Gasteiger partial charge in [-0.05, 0) is 62.4 Å². The number of halogens is 1. The average Bonchev–Trinajstić information content (AvgIpc) is 3.22. The topological polar surface area (TPSA) is 81.1 Å². The number of anilines is 1. The monoisotopic (exact) mass is 399 g/mol. The van der Waals surface area contributed by atoms with Crippen molar-refractivity contribution in [1.29, 1.82) is 0 Å². The van der Waals surface area contributed by atoms with Gasteiger partial charge in [0.25, 0.3) is 5.91 Å². The molecule has 3 rings (SSSR count). The fourth-order valence-corrected chi connectivity index (χ4v) is 2.59. The maximum Gasteiger partial charge on any atom is 0.263 e. The molecule has 1 aromatic carbocycles. The van der Waals surface area contributed by atoms with Gasteiger partial charge in [-0.15, -0.1) is 10.2 Å². The Kier molecular flexibility index (Phi) is 6.16. The van der Waals surface area contributed by atoms with Crippen LogP contribution in [0.1, 0.15) is 13.8 Å². The Morgan fingerprint density at radius 2 is 1.79 bits per heavy atom. The van der Waals surface area contributed by atoms with E-state index in [1.165, 1.54) is 0 Å². The fourth-order valence-electron chi connectivity index (χ4n) is 2.47. The number of carbonyl (C=O) groups is 1. The minimum atomic E-state index is -1.01. The lowest BCUT2D eigenvalue weighted by molar-refractivity contribution is -0.134. The van der Waals surface area contributed by atoms with Gasteiger partial charge in [0, 0.05) is 30.5 Å². The number of rotatable bonds is 8. The quantitative estimate of drug-likeness (QED) is 0.568. The lowest BCUT2D eigenvalue weighted by Crippen LogP contribution is -2.47. The van der Waals surface area contributed by atoms with Gasteiger partial charge >= 0.3 is 0 Å². The largest absolute Gasteiger partial charge is 0.478 e. The first-order valence-electron chi connectivity index (χ1n) is 8.88. The SMILES string of the molecule is CC(C)(Oc1ccc(Cl)cc1)C(=O)NCCNc1ccc(-n2cccc2)nn1. The number of hydrogen-bond acceptors (Lipinski definition) is 5. The molecule has 0 saturated heterocycles. The van der Waals surface area contributed by atoms with Crippen LogP contribution in [0.15, 0.2) is 60.9 Å². The first-order chi connectivity index (χ1) is 13.4. The molecule has 0 atom stereocenters. The van der Waals surface area contributed by atoms with Gasteiger partial charge in [0.15, 0.2) is 11.4 Å². The van der Waals surface area contributed by atoms with E-state index in [-0.39, 0.29) is 5.91 Å². The van der Waals surface area contributed by atoms with E-state index >= 15 is 0 Å². The summed E-state index contributed by atoms with van der Waals surface area (Å²) in [6.07, 6.45) is 3.81. The van der Waals surface area contributed by atoms with Crippen molar-refractivity contribution in [3.63, 3.8) is 0 Å². The summed E-state index contributed by atoms with van der Waals surface area (Å²) in [5.74, 6) is 1.76. The molecule has 146 valence electrons. The number of ether oxygens (including phenoxy) is 1. The molecule has 0 unspecified atom stereocenters. The van der Waals surface area contributed by atoms with Crippen molar-refractivity contribution in [3.8, 4) is 11.6 Å². The van der Waals surface area contributed by atoms with Crippen LogP contribution in [0, 0.1) is 0 Å². The van der Waals surface area contributed by atoms with Crippen LogP contribution in [0.5, 0.6) is 5.75 Å². The number of nitrogens with one attached hydrogen (secondary N) is 2. The average molecular weight is 400 g/mol. The second kappa shape index (κ2) is 8.75. The van der Waals surface area contributed by atoms with Crippen LogP contribution in [0.4, 0.5) is 5.82 Å². The zero-order valence-corrected chi connectivity index (χ0v) is 16.5. The van der Waals surface area contributed by atoms with E-state index in [2.05, 4.69) is 20.8 Å². The van der Waals surface area contributed by atoms with E-state index in [1.807, 2.05) is 41.2 Å². The fraction of sp³-hybridized carbons (Fsp3) is 0.250. The molecule has 0 fully saturated rings. The van der Waals surface area contributed by atoms with Crippen LogP contribution >= 0.6 is 11.6 Å². The molecule has 0 bridgehead atoms. The number of carbonyl (C=O) groups excluding carboxylic acids is 1. The number of amides is 1. The molecule has 3 aromatic rings. The minimum Gasteiger partial charge on any atom is -0.478 e. The summed E-state index contributed by atoms with van der Waals surface area (Å²) in [7, 11) is 0. The van der Waals surface area contributed by atoms with Gasteiger partial charge in [0.2, 0.25) is 0 Å². The van der Waals surface area contributed by atoms with Crippen molar-refractivity contribution in [2.45, 2.75) is 19.4 Å². The first kappa shape index (κ1) is 19.7. The predicted octanol–water partition coefficient (Wildman–Crippen LogP) is 3.31. The van der Waals surface area contributed by atoms with Crippen LogP contribution < -0.4 is 15.4 Å². The van der Waals surface area contributed by atoms with Crippen molar-refractivity contribution >= 4 is 23.3 Å². The summed E-state index contributed by atoms with van der Waals surface area (Å²) in [4.78, 5) is 12.4. The third-order valence-electron chi connectivity index (χ3n) is 3.97. The van der Waals surface area contributed by atoms with Gasteiger partial charge in [-0.2, -0.15) is 0 Å². The highest BCUT2D eigenvalue weighted by molar-refractivity contribution is 6.30. The molecule has 0 aliphatic heterocycles. The summed E-state index contributed by atoms with van der Waals surface area (Å²) in [5, 5.41) is 14.9. The van der Waals surface area contributed by atoms with Crippen molar-refractivity contribution in [2.75, 3.05) is 18.4 Å². The normalized spacial score (nSPS) is 11.1. The highest BCUT2D eigenvalue weighted by Gasteiger charge is 2.29. The summed E-state index contributed by atoms with van der Waals surface area (Å²) >= 11 is 5.86. The minimum absolute atomic E-state index is 0.210. The molecule has 7 nitrogen and oxygen atoms in total. The van der Waals surface area contributed by atoms with Crippen molar-refractivity contribution in [1.82, 2.24) is 20.1 Å². The lowest BCUT2D eigenvalue weighted by atomic mass is 10.1. The first-order valence-corrected chi connectivity index (χ1v) is 9.26. The number of hydrogen-bond donors (Lipinski definition) is 2. The molecule has 28 heavy (non-hydrogen) atoms. The summed E-state index contributed by atoms with van der Waals surface area (Å²) < 4.78 is 7.64. The molecule has 2 aromatic heterocycles. The van der Waals surface area contributed by atoms with Crippen LogP contribution in [0.25, 0.3) is 5.82 Å². The van der Waals surface area contributed by atoms with Crippen LogP contribution in [0.2, 0.25) is 5.02 Å². The maximum atomic E-state index is 12.4. The molecular weight excluding hydrogens is 378 g/mol. The number of nitrogens with zero attached hydrogens (tertiary/aromatic N) is 3. The molecule has 2 N–H and O–H groups in total. The molecule has 2 heterocycles. The highest BCUT2D eigenvalue weighted by atomic mass is 35.5. The summed E-state index contributed by atoms with van der Waals surface area (Å²) in [6, 6.07) is 14.5. The Labute approximate surface area is 168 Å². The highest BCUT2D eigenvalue weighted by Crippen LogP contribution is 2.21. The van der Waals surface area contributed by atoms with Crippen molar-refractivity contribution in [2.24, 2.45) is 0 Å². The van der Waals surface area contributed by atoms with E-state index in [1.54, 1.807) is 38.1 Å². The molecule has 0 saturated carbocycles.